The number of aromatic nitrogens is 4. The zero-order valence-corrected chi connectivity index (χ0v) is 16.8. The fourth-order valence-corrected chi connectivity index (χ4v) is 3.30. The van der Waals surface area contributed by atoms with Crippen molar-refractivity contribution in [2.75, 3.05) is 14.2 Å². The molecule has 2 heterocycles. The van der Waals surface area contributed by atoms with E-state index in [-0.39, 0.29) is 0 Å². The maximum atomic E-state index is 5.22. The molecule has 0 fully saturated rings. The van der Waals surface area contributed by atoms with Crippen LogP contribution < -0.4 is 18.6 Å². The van der Waals surface area contributed by atoms with E-state index in [2.05, 4.69) is 80.0 Å². The first-order valence-corrected chi connectivity index (χ1v) is 9.57. The highest BCUT2D eigenvalue weighted by molar-refractivity contribution is 5.28. The van der Waals surface area contributed by atoms with Gasteiger partial charge >= 0.3 is 0 Å². The summed E-state index contributed by atoms with van der Waals surface area (Å²) in [5.74, 6) is 1.76. The van der Waals surface area contributed by atoms with Gasteiger partial charge in [-0.2, -0.15) is 9.13 Å². The Morgan fingerprint density at radius 2 is 1.07 bits per heavy atom. The van der Waals surface area contributed by atoms with E-state index in [1.54, 1.807) is 14.2 Å². The Kier molecular flexibility index (Phi) is 5.61. The van der Waals surface area contributed by atoms with Gasteiger partial charge in [-0.05, 0) is 35.4 Å². The van der Waals surface area contributed by atoms with Crippen molar-refractivity contribution >= 4 is 0 Å². The number of nitrogens with zero attached hydrogens (tertiary/aromatic N) is 4. The summed E-state index contributed by atoms with van der Waals surface area (Å²) in [6.07, 6.45) is 12.6. The predicted molar refractivity (Wildman–Crippen MR) is 109 cm³/mol. The van der Waals surface area contributed by atoms with Gasteiger partial charge in [-0.3, -0.25) is 0 Å². The number of ether oxygens (including phenoxy) is 2. The predicted octanol–water partition coefficient (Wildman–Crippen LogP) is 2.48. The first-order chi connectivity index (χ1) is 14.2. The summed E-state index contributed by atoms with van der Waals surface area (Å²) < 4.78 is 19.1. The summed E-state index contributed by atoms with van der Waals surface area (Å²) in [4.78, 5) is 0. The summed E-state index contributed by atoms with van der Waals surface area (Å²) in [5.41, 5.74) is 2.48. The molecule has 0 N–H and O–H groups in total. The molecule has 0 aliphatic heterocycles. The number of imidazole rings is 2. The summed E-state index contributed by atoms with van der Waals surface area (Å²) >= 11 is 0. The van der Waals surface area contributed by atoms with Gasteiger partial charge in [-0.1, -0.05) is 24.3 Å². The quantitative estimate of drug-likeness (QED) is 0.434. The molecule has 2 aromatic carbocycles. The van der Waals surface area contributed by atoms with Crippen LogP contribution in [0.2, 0.25) is 0 Å². The van der Waals surface area contributed by atoms with Crippen molar-refractivity contribution in [3.05, 3.63) is 97.1 Å². The maximum Gasteiger partial charge on any atom is 0.247 e. The minimum Gasteiger partial charge on any atom is -0.497 e. The summed E-state index contributed by atoms with van der Waals surface area (Å²) in [6, 6.07) is 16.4. The average molecular weight is 390 g/mol. The van der Waals surface area contributed by atoms with Crippen LogP contribution >= 0.6 is 0 Å². The summed E-state index contributed by atoms with van der Waals surface area (Å²) in [6.45, 7) is 2.44. The molecule has 0 aliphatic rings. The number of hydrogen-bond donors (Lipinski definition) is 0. The van der Waals surface area contributed by atoms with E-state index < -0.39 is 0 Å². The first-order valence-electron chi connectivity index (χ1n) is 9.57. The molecular weight excluding hydrogens is 364 g/mol. The molecule has 0 amide bonds. The van der Waals surface area contributed by atoms with Gasteiger partial charge < -0.3 is 9.47 Å². The standard InChI is InChI=1S/C23H26N4O2/c1-28-22-7-3-20(4-8-22)15-24-11-13-26(17-24)19-27-14-12-25(18-27)16-21-5-9-23(29-2)10-6-21/h3-14,17-18H,15-16,19H2,1-2H3/q+2. The van der Waals surface area contributed by atoms with E-state index in [1.165, 1.54) is 11.1 Å². The van der Waals surface area contributed by atoms with E-state index in [1.807, 2.05) is 24.3 Å². The number of benzene rings is 2. The van der Waals surface area contributed by atoms with Gasteiger partial charge in [0.2, 0.25) is 19.3 Å². The van der Waals surface area contributed by atoms with E-state index in [9.17, 15) is 0 Å². The van der Waals surface area contributed by atoms with Crippen molar-refractivity contribution in [1.82, 2.24) is 9.13 Å². The van der Waals surface area contributed by atoms with Crippen LogP contribution in [-0.2, 0) is 19.8 Å². The second-order valence-electron chi connectivity index (χ2n) is 7.04. The van der Waals surface area contributed by atoms with Crippen LogP contribution in [0.15, 0.2) is 86.0 Å². The van der Waals surface area contributed by atoms with Crippen molar-refractivity contribution in [3.63, 3.8) is 0 Å². The van der Waals surface area contributed by atoms with Crippen LogP contribution in [-0.4, -0.2) is 23.4 Å². The lowest BCUT2D eigenvalue weighted by molar-refractivity contribution is -0.912. The zero-order valence-electron chi connectivity index (χ0n) is 16.8. The Hall–Kier alpha value is -3.54. The molecule has 4 rings (SSSR count). The van der Waals surface area contributed by atoms with Crippen LogP contribution in [0.1, 0.15) is 11.1 Å². The first kappa shape index (κ1) is 18.8. The lowest BCUT2D eigenvalue weighted by atomic mass is 10.2. The number of hydrogen-bond acceptors (Lipinski definition) is 2. The van der Waals surface area contributed by atoms with E-state index in [0.29, 0.717) is 0 Å². The third-order valence-corrected chi connectivity index (χ3v) is 4.87. The van der Waals surface area contributed by atoms with Crippen LogP contribution in [0.25, 0.3) is 0 Å². The van der Waals surface area contributed by atoms with Crippen molar-refractivity contribution in [2.24, 2.45) is 0 Å². The second-order valence-corrected chi connectivity index (χ2v) is 7.04. The van der Waals surface area contributed by atoms with Crippen LogP contribution in [0.4, 0.5) is 0 Å². The van der Waals surface area contributed by atoms with Gasteiger partial charge in [-0.15, -0.1) is 0 Å². The molecule has 0 bridgehead atoms. The molecule has 0 radical (unpaired) electrons. The van der Waals surface area contributed by atoms with Crippen molar-refractivity contribution in [1.29, 1.82) is 0 Å². The average Bonchev–Trinajstić information content (AvgIpc) is 3.38. The number of methoxy groups -OCH3 is 2. The van der Waals surface area contributed by atoms with Gasteiger partial charge in [-0.25, -0.2) is 9.13 Å². The molecule has 4 aromatic rings. The van der Waals surface area contributed by atoms with Gasteiger partial charge in [0.05, 0.1) is 14.2 Å². The summed E-state index contributed by atoms with van der Waals surface area (Å²) in [7, 11) is 3.37. The van der Waals surface area contributed by atoms with E-state index in [4.69, 9.17) is 9.47 Å². The highest BCUT2D eigenvalue weighted by atomic mass is 16.5. The Bertz CT molecular complexity index is 963. The molecule has 0 atom stereocenters. The molecule has 0 aliphatic carbocycles. The lowest BCUT2D eigenvalue weighted by Gasteiger charge is -2.01. The van der Waals surface area contributed by atoms with Crippen LogP contribution in [0.5, 0.6) is 11.5 Å². The molecule has 29 heavy (non-hydrogen) atoms. The van der Waals surface area contributed by atoms with Gasteiger partial charge in [0.15, 0.2) is 0 Å². The topological polar surface area (TPSA) is 36.1 Å². The Balaban J connectivity index is 1.36. The largest absolute Gasteiger partial charge is 0.497 e. The number of rotatable bonds is 8. The highest BCUT2D eigenvalue weighted by Crippen LogP contribution is 2.13. The fourth-order valence-electron chi connectivity index (χ4n) is 3.30. The minimum atomic E-state index is 0.769. The van der Waals surface area contributed by atoms with Crippen molar-refractivity contribution in [2.45, 2.75) is 19.8 Å². The highest BCUT2D eigenvalue weighted by Gasteiger charge is 2.10. The van der Waals surface area contributed by atoms with Crippen molar-refractivity contribution in [3.8, 4) is 11.5 Å². The maximum absolute atomic E-state index is 5.22. The molecule has 0 unspecified atom stereocenters. The fraction of sp³-hybridized carbons (Fsp3) is 0.217. The molecule has 148 valence electrons. The zero-order chi connectivity index (χ0) is 20.1. The Labute approximate surface area is 170 Å². The van der Waals surface area contributed by atoms with E-state index >= 15 is 0 Å². The van der Waals surface area contributed by atoms with Crippen LogP contribution in [0.3, 0.4) is 0 Å². The van der Waals surface area contributed by atoms with E-state index in [0.717, 1.165) is 31.3 Å². The third-order valence-electron chi connectivity index (χ3n) is 4.87. The molecule has 0 saturated heterocycles. The molecule has 2 aromatic heterocycles. The van der Waals surface area contributed by atoms with Crippen molar-refractivity contribution < 1.29 is 18.6 Å². The minimum absolute atomic E-state index is 0.769. The van der Waals surface area contributed by atoms with Crippen LogP contribution in [0, 0.1) is 0 Å². The monoisotopic (exact) mass is 390 g/mol. The second kappa shape index (κ2) is 8.65. The lowest BCUT2D eigenvalue weighted by Crippen LogP contribution is -2.49. The molecule has 0 spiro atoms. The Morgan fingerprint density at radius 3 is 1.45 bits per heavy atom. The molecule has 0 saturated carbocycles. The SMILES string of the molecule is COc1ccc(Cn2cc[n+](C[n+]3ccn(Cc4ccc(OC)cc4)c3)c2)cc1. The summed E-state index contributed by atoms with van der Waals surface area (Å²) in [5, 5.41) is 0. The normalized spacial score (nSPS) is 10.8. The third kappa shape index (κ3) is 4.85. The van der Waals surface area contributed by atoms with Gasteiger partial charge in [0.1, 0.15) is 49.4 Å². The smallest absolute Gasteiger partial charge is 0.247 e. The van der Waals surface area contributed by atoms with Gasteiger partial charge in [0, 0.05) is 0 Å². The molecular formula is C23H26N4O2+2. The molecule has 6 nitrogen and oxygen atoms in total. The molecule has 6 heteroatoms. The van der Waals surface area contributed by atoms with Gasteiger partial charge in [0.25, 0.3) is 0 Å². The Morgan fingerprint density at radius 1 is 0.655 bits per heavy atom.